The summed E-state index contributed by atoms with van der Waals surface area (Å²) in [6.07, 6.45) is 0. The molecule has 1 aromatic heterocycles. The van der Waals surface area contributed by atoms with Crippen LogP contribution in [0.4, 0.5) is 5.69 Å². The zero-order valence-corrected chi connectivity index (χ0v) is 15.5. The molecule has 3 aromatic rings. The number of nitro benzene ring substituents is 1. The fourth-order valence-electron chi connectivity index (χ4n) is 2.30. The predicted octanol–water partition coefficient (Wildman–Crippen LogP) is 2.71. The smallest absolute Gasteiger partial charge is 0.283 e. The van der Waals surface area contributed by atoms with Gasteiger partial charge in [0.1, 0.15) is 5.01 Å². The van der Waals surface area contributed by atoms with Crippen LogP contribution in [0.15, 0.2) is 47.4 Å². The number of primary amides is 1. The van der Waals surface area contributed by atoms with Gasteiger partial charge in [-0.2, -0.15) is 0 Å². The first-order valence-corrected chi connectivity index (χ1v) is 9.56. The number of amides is 2. The predicted molar refractivity (Wildman–Crippen MR) is 104 cm³/mol. The van der Waals surface area contributed by atoms with Crippen molar-refractivity contribution in [3.8, 4) is 0 Å². The number of nitrogens with zero attached hydrogens (tertiary/aromatic N) is 2. The van der Waals surface area contributed by atoms with Crippen LogP contribution in [0.5, 0.6) is 0 Å². The lowest BCUT2D eigenvalue weighted by Crippen LogP contribution is -2.24. The molecule has 0 aliphatic carbocycles. The highest BCUT2D eigenvalue weighted by Crippen LogP contribution is 2.30. The van der Waals surface area contributed by atoms with E-state index in [4.69, 9.17) is 5.73 Å². The Bertz CT molecular complexity index is 1000. The first-order valence-electron chi connectivity index (χ1n) is 7.76. The van der Waals surface area contributed by atoms with Gasteiger partial charge in [0.25, 0.3) is 5.69 Å². The molecule has 27 heavy (non-hydrogen) atoms. The van der Waals surface area contributed by atoms with Crippen molar-refractivity contribution in [2.24, 2.45) is 5.73 Å². The fourth-order valence-corrected chi connectivity index (χ4v) is 4.04. The van der Waals surface area contributed by atoms with Crippen LogP contribution in [0, 0.1) is 10.1 Å². The Labute approximate surface area is 161 Å². The van der Waals surface area contributed by atoms with Crippen LogP contribution < -0.4 is 11.1 Å². The Morgan fingerprint density at radius 3 is 2.74 bits per heavy atom. The number of rotatable bonds is 7. The van der Waals surface area contributed by atoms with E-state index >= 15 is 0 Å². The average Bonchev–Trinajstić information content (AvgIpc) is 3.07. The molecule has 2 amide bonds. The number of nitrogens with two attached hydrogens (primary N) is 1. The van der Waals surface area contributed by atoms with Gasteiger partial charge in [-0.3, -0.25) is 19.7 Å². The number of aromatic nitrogens is 1. The number of thioether (sulfide) groups is 1. The molecule has 0 fully saturated rings. The van der Waals surface area contributed by atoms with Gasteiger partial charge < -0.3 is 11.1 Å². The molecule has 3 N–H and O–H groups in total. The Hall–Kier alpha value is -2.98. The molecule has 8 nitrogen and oxygen atoms in total. The number of para-hydroxylation sites is 1. The maximum absolute atomic E-state index is 12.1. The summed E-state index contributed by atoms with van der Waals surface area (Å²) in [6.45, 7) is 0.293. The minimum absolute atomic E-state index is 0.00164. The second-order valence-corrected chi connectivity index (χ2v) is 7.58. The summed E-state index contributed by atoms with van der Waals surface area (Å²) in [5, 5.41) is 14.7. The third-order valence-corrected chi connectivity index (χ3v) is 5.67. The van der Waals surface area contributed by atoms with Crippen LogP contribution in [0.25, 0.3) is 10.2 Å². The van der Waals surface area contributed by atoms with E-state index in [1.165, 1.54) is 23.5 Å². The molecule has 0 aliphatic rings. The van der Waals surface area contributed by atoms with E-state index in [1.54, 1.807) is 0 Å². The third-order valence-electron chi connectivity index (χ3n) is 3.57. The van der Waals surface area contributed by atoms with Gasteiger partial charge in [-0.25, -0.2) is 4.98 Å². The summed E-state index contributed by atoms with van der Waals surface area (Å²) in [7, 11) is 0. The fraction of sp³-hybridized carbons (Fsp3) is 0.118. The minimum atomic E-state index is -0.747. The van der Waals surface area contributed by atoms with Gasteiger partial charge >= 0.3 is 0 Å². The van der Waals surface area contributed by atoms with E-state index in [2.05, 4.69) is 10.3 Å². The SMILES string of the molecule is NC(=O)c1ccc(SCC(=O)NCc2nc3ccccc3s2)c([N+](=O)[O-])c1. The van der Waals surface area contributed by atoms with Crippen LogP contribution >= 0.6 is 23.1 Å². The Morgan fingerprint density at radius 2 is 2.04 bits per heavy atom. The van der Waals surface area contributed by atoms with E-state index in [0.29, 0.717) is 11.4 Å². The summed E-state index contributed by atoms with van der Waals surface area (Å²) in [5.41, 5.74) is 5.81. The Kier molecular flexibility index (Phi) is 5.67. The molecule has 0 atom stereocenters. The monoisotopic (exact) mass is 402 g/mol. The highest BCUT2D eigenvalue weighted by atomic mass is 32.2. The molecule has 0 saturated carbocycles. The zero-order valence-electron chi connectivity index (χ0n) is 13.9. The minimum Gasteiger partial charge on any atom is -0.366 e. The molecule has 0 radical (unpaired) electrons. The van der Waals surface area contributed by atoms with E-state index in [-0.39, 0.29) is 22.9 Å². The molecule has 2 aromatic carbocycles. The normalized spacial score (nSPS) is 10.7. The highest BCUT2D eigenvalue weighted by molar-refractivity contribution is 8.00. The van der Waals surface area contributed by atoms with Gasteiger partial charge in [-0.1, -0.05) is 12.1 Å². The van der Waals surface area contributed by atoms with Crippen LogP contribution in [-0.2, 0) is 11.3 Å². The second kappa shape index (κ2) is 8.14. The summed E-state index contributed by atoms with van der Waals surface area (Å²) in [4.78, 5) is 38.5. The van der Waals surface area contributed by atoms with Crippen molar-refractivity contribution in [1.82, 2.24) is 10.3 Å². The number of carbonyl (C=O) groups is 2. The first-order chi connectivity index (χ1) is 12.9. The number of fused-ring (bicyclic) bond motifs is 1. The average molecular weight is 402 g/mol. The number of nitro groups is 1. The first kappa shape index (κ1) is 18.8. The zero-order chi connectivity index (χ0) is 19.4. The van der Waals surface area contributed by atoms with Crippen molar-refractivity contribution < 1.29 is 14.5 Å². The van der Waals surface area contributed by atoms with Crippen molar-refractivity contribution in [2.45, 2.75) is 11.4 Å². The highest BCUT2D eigenvalue weighted by Gasteiger charge is 2.18. The quantitative estimate of drug-likeness (QED) is 0.355. The van der Waals surface area contributed by atoms with E-state index in [0.717, 1.165) is 33.1 Å². The summed E-state index contributed by atoms with van der Waals surface area (Å²) < 4.78 is 1.04. The van der Waals surface area contributed by atoms with Crippen LogP contribution in [-0.4, -0.2) is 27.5 Å². The van der Waals surface area contributed by atoms with Gasteiger partial charge in [-0.05, 0) is 24.3 Å². The maximum Gasteiger partial charge on any atom is 0.283 e. The standard InChI is InChI=1S/C17H14N4O4S2/c18-17(23)10-5-6-14(12(7-10)21(24)25)26-9-15(22)19-8-16-20-11-3-1-2-4-13(11)27-16/h1-7H,8-9H2,(H2,18,23)(H,19,22). The van der Waals surface area contributed by atoms with Crippen LogP contribution in [0.3, 0.4) is 0 Å². The molecular weight excluding hydrogens is 388 g/mol. The van der Waals surface area contributed by atoms with Crippen LogP contribution in [0.2, 0.25) is 0 Å². The Morgan fingerprint density at radius 1 is 1.26 bits per heavy atom. The van der Waals surface area contributed by atoms with Crippen molar-refractivity contribution in [3.63, 3.8) is 0 Å². The lowest BCUT2D eigenvalue weighted by Gasteiger charge is -2.05. The molecule has 10 heteroatoms. The molecule has 0 bridgehead atoms. The van der Waals surface area contributed by atoms with Crippen LogP contribution in [0.1, 0.15) is 15.4 Å². The molecular formula is C17H14N4O4S2. The third kappa shape index (κ3) is 4.60. The molecule has 138 valence electrons. The lowest BCUT2D eigenvalue weighted by atomic mass is 10.2. The maximum atomic E-state index is 12.1. The summed E-state index contributed by atoms with van der Waals surface area (Å²) in [5.74, 6) is -1.02. The molecule has 0 saturated heterocycles. The van der Waals surface area contributed by atoms with Gasteiger partial charge in [0, 0.05) is 11.6 Å². The largest absolute Gasteiger partial charge is 0.366 e. The van der Waals surface area contributed by atoms with Crippen molar-refractivity contribution >= 4 is 50.8 Å². The van der Waals surface area contributed by atoms with E-state index < -0.39 is 10.8 Å². The van der Waals surface area contributed by atoms with Gasteiger partial charge in [0.15, 0.2) is 0 Å². The second-order valence-electron chi connectivity index (χ2n) is 5.44. The number of nitrogens with one attached hydrogen (secondary N) is 1. The van der Waals surface area contributed by atoms with Gasteiger partial charge in [0.2, 0.25) is 11.8 Å². The Balaban J connectivity index is 1.60. The van der Waals surface area contributed by atoms with E-state index in [9.17, 15) is 19.7 Å². The topological polar surface area (TPSA) is 128 Å². The number of thiazole rings is 1. The lowest BCUT2D eigenvalue weighted by molar-refractivity contribution is -0.387. The number of hydrogen-bond acceptors (Lipinski definition) is 7. The number of benzene rings is 2. The van der Waals surface area contributed by atoms with Gasteiger partial charge in [-0.15, -0.1) is 23.1 Å². The van der Waals surface area contributed by atoms with Crippen molar-refractivity contribution in [1.29, 1.82) is 0 Å². The molecule has 0 unspecified atom stereocenters. The van der Waals surface area contributed by atoms with E-state index in [1.807, 2.05) is 24.3 Å². The van der Waals surface area contributed by atoms with Gasteiger partial charge in [0.05, 0.1) is 32.3 Å². The number of carbonyl (C=O) groups excluding carboxylic acids is 2. The summed E-state index contributed by atoms with van der Waals surface area (Å²) in [6, 6.07) is 11.6. The molecule has 3 rings (SSSR count). The molecule has 0 spiro atoms. The summed E-state index contributed by atoms with van der Waals surface area (Å²) >= 11 is 2.52. The van der Waals surface area contributed by atoms with Crippen molar-refractivity contribution in [2.75, 3.05) is 5.75 Å². The molecule has 1 heterocycles. The molecule has 0 aliphatic heterocycles. The number of hydrogen-bond donors (Lipinski definition) is 2. The van der Waals surface area contributed by atoms with Crippen molar-refractivity contribution in [3.05, 3.63) is 63.1 Å².